The number of benzene rings is 1. The smallest absolute Gasteiger partial charge is 0.193 e. The quantitative estimate of drug-likeness (QED) is 0.639. The topological polar surface area (TPSA) is 46.1 Å². The molecule has 1 N–H and O–H groups in total. The lowest BCUT2D eigenvalue weighted by Crippen LogP contribution is -2.43. The Hall–Kier alpha value is -1.46. The van der Waals surface area contributed by atoms with Crippen molar-refractivity contribution in [3.63, 3.8) is 0 Å². The van der Waals surface area contributed by atoms with Crippen LogP contribution >= 0.6 is 11.6 Å². The summed E-state index contributed by atoms with van der Waals surface area (Å²) in [6, 6.07) is 7.42. The van der Waals surface area contributed by atoms with Gasteiger partial charge in [0.1, 0.15) is 11.9 Å². The molecule has 0 aromatic heterocycles. The fraction of sp³-hybridized carbons (Fsp3) is 0.588. The van der Waals surface area contributed by atoms with Crippen molar-refractivity contribution >= 4 is 17.6 Å². The van der Waals surface area contributed by atoms with E-state index >= 15 is 0 Å². The van der Waals surface area contributed by atoms with Gasteiger partial charge >= 0.3 is 0 Å². The molecule has 1 aromatic rings. The van der Waals surface area contributed by atoms with Crippen LogP contribution in [0.2, 0.25) is 5.02 Å². The molecule has 0 bridgehead atoms. The number of hydrogen-bond donors (Lipinski definition) is 1. The van der Waals surface area contributed by atoms with Gasteiger partial charge in [-0.1, -0.05) is 11.6 Å². The predicted octanol–water partition coefficient (Wildman–Crippen LogP) is 2.65. The third kappa shape index (κ3) is 5.59. The van der Waals surface area contributed by atoms with Gasteiger partial charge in [-0.15, -0.1) is 0 Å². The molecule has 1 fully saturated rings. The number of methoxy groups -OCH3 is 1. The van der Waals surface area contributed by atoms with E-state index < -0.39 is 0 Å². The zero-order valence-corrected chi connectivity index (χ0v) is 14.8. The highest BCUT2D eigenvalue weighted by Crippen LogP contribution is 2.17. The summed E-state index contributed by atoms with van der Waals surface area (Å²) in [6.45, 7) is 5.54. The molecule has 1 aliphatic rings. The molecule has 0 spiro atoms. The highest BCUT2D eigenvalue weighted by Gasteiger charge is 2.24. The summed E-state index contributed by atoms with van der Waals surface area (Å²) in [5.41, 5.74) is 0. The number of likely N-dealkylation sites (tertiary alicyclic amines) is 1. The maximum atomic E-state index is 5.88. The Labute approximate surface area is 143 Å². The Morgan fingerprint density at radius 2 is 2.17 bits per heavy atom. The highest BCUT2D eigenvalue weighted by atomic mass is 35.5. The minimum atomic E-state index is 0.0327. The molecule has 5 nitrogen and oxygen atoms in total. The lowest BCUT2D eigenvalue weighted by Gasteiger charge is -2.23. The van der Waals surface area contributed by atoms with Crippen LogP contribution in [0.5, 0.6) is 5.75 Å². The number of guanidine groups is 1. The average molecular weight is 340 g/mol. The molecule has 2 atom stereocenters. The van der Waals surface area contributed by atoms with Gasteiger partial charge in [0.2, 0.25) is 0 Å². The molecule has 0 amide bonds. The highest BCUT2D eigenvalue weighted by molar-refractivity contribution is 6.30. The fourth-order valence-electron chi connectivity index (χ4n) is 2.75. The van der Waals surface area contributed by atoms with Crippen molar-refractivity contribution in [1.82, 2.24) is 10.2 Å². The van der Waals surface area contributed by atoms with Crippen molar-refractivity contribution in [3.05, 3.63) is 29.3 Å². The third-order valence-corrected chi connectivity index (χ3v) is 4.15. The predicted molar refractivity (Wildman–Crippen MR) is 94.5 cm³/mol. The zero-order chi connectivity index (χ0) is 16.7. The number of aliphatic imine (C=N–C) groups is 1. The summed E-state index contributed by atoms with van der Waals surface area (Å²) in [6.07, 6.45) is 1.18. The number of nitrogens with one attached hydrogen (secondary N) is 1. The Balaban J connectivity index is 1.78. The monoisotopic (exact) mass is 339 g/mol. The number of nitrogens with zero attached hydrogens (tertiary/aromatic N) is 2. The van der Waals surface area contributed by atoms with Gasteiger partial charge in [0.05, 0.1) is 13.2 Å². The normalized spacial score (nSPS) is 19.7. The molecule has 1 aromatic carbocycles. The first kappa shape index (κ1) is 17.9. The molecule has 6 heteroatoms. The maximum Gasteiger partial charge on any atom is 0.193 e. The first-order valence-electron chi connectivity index (χ1n) is 7.99. The minimum Gasteiger partial charge on any atom is -0.489 e. The van der Waals surface area contributed by atoms with E-state index in [0.717, 1.165) is 37.8 Å². The van der Waals surface area contributed by atoms with E-state index in [1.54, 1.807) is 7.11 Å². The van der Waals surface area contributed by atoms with E-state index in [0.29, 0.717) is 17.5 Å². The van der Waals surface area contributed by atoms with E-state index in [2.05, 4.69) is 15.2 Å². The summed E-state index contributed by atoms with van der Waals surface area (Å²) < 4.78 is 11.1. The lowest BCUT2D eigenvalue weighted by molar-refractivity contribution is 0.157. The maximum absolute atomic E-state index is 5.88. The Bertz CT molecular complexity index is 507. The van der Waals surface area contributed by atoms with Crippen LogP contribution in [0.3, 0.4) is 0 Å². The van der Waals surface area contributed by atoms with Gasteiger partial charge in [0.15, 0.2) is 5.96 Å². The standard InChI is InChI=1S/C17H26ClN3O2/c1-13(23-16-6-4-15(18)5-7-16)10-20-17(19-2)21-9-8-14(11-21)12-22-3/h4-7,13-14H,8-12H2,1-3H3,(H,19,20). The molecule has 128 valence electrons. The van der Waals surface area contributed by atoms with Gasteiger partial charge in [-0.25, -0.2) is 0 Å². The van der Waals surface area contributed by atoms with Gasteiger partial charge in [0.25, 0.3) is 0 Å². The first-order valence-corrected chi connectivity index (χ1v) is 8.37. The van der Waals surface area contributed by atoms with E-state index in [9.17, 15) is 0 Å². The van der Waals surface area contributed by atoms with E-state index in [4.69, 9.17) is 21.1 Å². The Morgan fingerprint density at radius 1 is 1.43 bits per heavy atom. The number of ether oxygens (including phenoxy) is 2. The second kappa shape index (κ2) is 8.99. The van der Waals surface area contributed by atoms with Crippen LogP contribution in [0, 0.1) is 5.92 Å². The molecule has 2 unspecified atom stereocenters. The molecular weight excluding hydrogens is 314 g/mol. The van der Waals surface area contributed by atoms with Crippen molar-refractivity contribution in [2.24, 2.45) is 10.9 Å². The van der Waals surface area contributed by atoms with Crippen LogP contribution in [-0.4, -0.2) is 57.4 Å². The van der Waals surface area contributed by atoms with Crippen molar-refractivity contribution in [1.29, 1.82) is 0 Å². The molecule has 0 radical (unpaired) electrons. The second-order valence-corrected chi connectivity index (χ2v) is 6.30. The summed E-state index contributed by atoms with van der Waals surface area (Å²) in [7, 11) is 3.57. The summed E-state index contributed by atoms with van der Waals surface area (Å²) in [5.74, 6) is 2.33. The molecule has 23 heavy (non-hydrogen) atoms. The molecular formula is C17H26ClN3O2. The van der Waals surface area contributed by atoms with E-state index in [1.807, 2.05) is 38.2 Å². The van der Waals surface area contributed by atoms with Crippen molar-refractivity contribution in [2.45, 2.75) is 19.4 Å². The second-order valence-electron chi connectivity index (χ2n) is 5.87. The SMILES string of the molecule is CN=C(NCC(C)Oc1ccc(Cl)cc1)N1CCC(COC)C1. The van der Waals surface area contributed by atoms with E-state index in [1.165, 1.54) is 0 Å². The van der Waals surface area contributed by atoms with Gasteiger partial charge < -0.3 is 19.7 Å². The number of hydrogen-bond acceptors (Lipinski definition) is 3. The third-order valence-electron chi connectivity index (χ3n) is 3.90. The van der Waals surface area contributed by atoms with Crippen LogP contribution < -0.4 is 10.1 Å². The number of rotatable bonds is 6. The first-order chi connectivity index (χ1) is 11.1. The van der Waals surface area contributed by atoms with Gasteiger partial charge in [-0.3, -0.25) is 4.99 Å². The molecule has 0 saturated carbocycles. The van der Waals surface area contributed by atoms with Gasteiger partial charge in [0, 0.05) is 38.2 Å². The van der Waals surface area contributed by atoms with Crippen LogP contribution in [0.1, 0.15) is 13.3 Å². The summed E-state index contributed by atoms with van der Waals surface area (Å²) >= 11 is 5.88. The molecule has 1 heterocycles. The van der Waals surface area contributed by atoms with Crippen LogP contribution in [0.25, 0.3) is 0 Å². The van der Waals surface area contributed by atoms with E-state index in [-0.39, 0.29) is 6.10 Å². The molecule has 0 aliphatic carbocycles. The largest absolute Gasteiger partial charge is 0.489 e. The van der Waals surface area contributed by atoms with Gasteiger partial charge in [-0.05, 0) is 37.6 Å². The lowest BCUT2D eigenvalue weighted by atomic mass is 10.1. The average Bonchev–Trinajstić information content (AvgIpc) is 2.99. The van der Waals surface area contributed by atoms with Crippen molar-refractivity contribution < 1.29 is 9.47 Å². The van der Waals surface area contributed by atoms with Crippen molar-refractivity contribution in [3.8, 4) is 5.75 Å². The summed E-state index contributed by atoms with van der Waals surface area (Å²) in [5, 5.41) is 4.10. The zero-order valence-electron chi connectivity index (χ0n) is 14.1. The Morgan fingerprint density at radius 3 is 2.83 bits per heavy atom. The van der Waals surface area contributed by atoms with Crippen LogP contribution in [0.15, 0.2) is 29.3 Å². The van der Waals surface area contributed by atoms with Crippen molar-refractivity contribution in [2.75, 3.05) is 40.4 Å². The van der Waals surface area contributed by atoms with Crippen LogP contribution in [0.4, 0.5) is 0 Å². The van der Waals surface area contributed by atoms with Crippen LogP contribution in [-0.2, 0) is 4.74 Å². The minimum absolute atomic E-state index is 0.0327. The fourth-order valence-corrected chi connectivity index (χ4v) is 2.88. The molecule has 2 rings (SSSR count). The number of halogens is 1. The molecule has 1 aliphatic heterocycles. The summed E-state index contributed by atoms with van der Waals surface area (Å²) in [4.78, 5) is 6.65. The Kier molecular flexibility index (Phi) is 6.99. The molecule has 1 saturated heterocycles. The van der Waals surface area contributed by atoms with Gasteiger partial charge in [-0.2, -0.15) is 0 Å².